The molecule has 4 nitrogen and oxygen atoms in total. The third-order valence-corrected chi connectivity index (χ3v) is 4.82. The summed E-state index contributed by atoms with van der Waals surface area (Å²) in [7, 11) is 1.80. The van der Waals surface area contributed by atoms with E-state index in [1.54, 1.807) is 11.9 Å². The minimum atomic E-state index is -0.124. The van der Waals surface area contributed by atoms with Gasteiger partial charge in [0.05, 0.1) is 5.92 Å². The number of nitrogens with zero attached hydrogens (tertiary/aromatic N) is 1. The highest BCUT2D eigenvalue weighted by Gasteiger charge is 2.31. The second-order valence-corrected chi connectivity index (χ2v) is 8.39. The monoisotopic (exact) mass is 337 g/mol. The Balaban J connectivity index is 2.86. The van der Waals surface area contributed by atoms with Gasteiger partial charge in [-0.3, -0.25) is 9.59 Å². The average Bonchev–Trinajstić information content (AvgIpc) is 2.48. The highest BCUT2D eigenvalue weighted by atomic mass is 16.5. The molecule has 0 aromatic heterocycles. The summed E-state index contributed by atoms with van der Waals surface area (Å²) in [6.45, 7) is 10.5. The van der Waals surface area contributed by atoms with Gasteiger partial charge < -0.3 is 9.64 Å². The van der Waals surface area contributed by atoms with Crippen molar-refractivity contribution in [3.8, 4) is 0 Å². The summed E-state index contributed by atoms with van der Waals surface area (Å²) < 4.78 is 5.88. The number of rotatable bonds is 0. The summed E-state index contributed by atoms with van der Waals surface area (Å²) in [5.74, 6) is 0.355. The van der Waals surface area contributed by atoms with E-state index in [9.17, 15) is 9.59 Å². The van der Waals surface area contributed by atoms with Gasteiger partial charge in [-0.05, 0) is 37.0 Å². The molecule has 0 bridgehead atoms. The van der Waals surface area contributed by atoms with Crippen LogP contribution in [0.1, 0.15) is 73.1 Å². The lowest BCUT2D eigenvalue weighted by Gasteiger charge is -2.33. The second-order valence-electron chi connectivity index (χ2n) is 8.39. The SMILES string of the molecule is C[C@@H]1CCCC(=O)N(C)/C=C/CC[C@@H](C)C(=O)O[C@H](C(C)(C)C)C1. The first kappa shape index (κ1) is 20.7. The fourth-order valence-corrected chi connectivity index (χ4v) is 2.88. The van der Waals surface area contributed by atoms with Crippen molar-refractivity contribution >= 4 is 11.9 Å². The molecule has 0 unspecified atom stereocenters. The normalized spacial score (nSPS) is 30.2. The van der Waals surface area contributed by atoms with Crippen LogP contribution in [0, 0.1) is 17.3 Å². The van der Waals surface area contributed by atoms with Crippen LogP contribution in [-0.4, -0.2) is 29.9 Å². The summed E-state index contributed by atoms with van der Waals surface area (Å²) >= 11 is 0. The molecule has 4 heteroatoms. The Labute approximate surface area is 147 Å². The maximum atomic E-state index is 12.4. The minimum absolute atomic E-state index is 0.0759. The van der Waals surface area contributed by atoms with Crippen molar-refractivity contribution in [1.82, 2.24) is 4.90 Å². The molecule has 0 radical (unpaired) electrons. The van der Waals surface area contributed by atoms with Gasteiger partial charge in [0.1, 0.15) is 6.10 Å². The molecule has 0 fully saturated rings. The van der Waals surface area contributed by atoms with Crippen LogP contribution in [0.4, 0.5) is 0 Å². The fraction of sp³-hybridized carbons (Fsp3) is 0.800. The van der Waals surface area contributed by atoms with Crippen molar-refractivity contribution in [2.45, 2.75) is 79.2 Å². The van der Waals surface area contributed by atoms with Crippen LogP contribution in [0.15, 0.2) is 12.3 Å². The lowest BCUT2D eigenvalue weighted by Crippen LogP contribution is -2.35. The molecule has 0 N–H and O–H groups in total. The zero-order valence-electron chi connectivity index (χ0n) is 16.3. The lowest BCUT2D eigenvalue weighted by molar-refractivity contribution is -0.160. The number of hydrogen-bond acceptors (Lipinski definition) is 3. The van der Waals surface area contributed by atoms with Gasteiger partial charge in [-0.2, -0.15) is 0 Å². The van der Waals surface area contributed by atoms with Crippen LogP contribution in [0.2, 0.25) is 0 Å². The highest BCUT2D eigenvalue weighted by molar-refractivity contribution is 5.76. The smallest absolute Gasteiger partial charge is 0.308 e. The van der Waals surface area contributed by atoms with Gasteiger partial charge in [-0.25, -0.2) is 0 Å². The van der Waals surface area contributed by atoms with E-state index >= 15 is 0 Å². The van der Waals surface area contributed by atoms with Crippen LogP contribution in [0.3, 0.4) is 0 Å². The number of esters is 1. The molecule has 0 aromatic carbocycles. The number of ether oxygens (including phenoxy) is 1. The molecule has 1 amide bonds. The third-order valence-electron chi connectivity index (χ3n) is 4.82. The number of hydrogen-bond donors (Lipinski definition) is 0. The number of carbonyl (C=O) groups is 2. The van der Waals surface area contributed by atoms with Gasteiger partial charge in [-0.1, -0.05) is 47.1 Å². The number of carbonyl (C=O) groups excluding carboxylic acids is 2. The molecule has 0 saturated heterocycles. The zero-order valence-corrected chi connectivity index (χ0v) is 16.3. The Morgan fingerprint density at radius 1 is 1.17 bits per heavy atom. The van der Waals surface area contributed by atoms with E-state index in [1.165, 1.54) is 0 Å². The third kappa shape index (κ3) is 7.06. The second kappa shape index (κ2) is 9.24. The average molecular weight is 338 g/mol. The van der Waals surface area contributed by atoms with Crippen LogP contribution < -0.4 is 0 Å². The molecule has 1 heterocycles. The number of allylic oxidation sites excluding steroid dienone is 1. The van der Waals surface area contributed by atoms with E-state index in [-0.39, 0.29) is 29.3 Å². The van der Waals surface area contributed by atoms with Crippen molar-refractivity contribution in [2.24, 2.45) is 17.3 Å². The quantitative estimate of drug-likeness (QED) is 0.610. The van der Waals surface area contributed by atoms with Gasteiger partial charge in [0.15, 0.2) is 0 Å². The Morgan fingerprint density at radius 2 is 1.83 bits per heavy atom. The molecule has 1 aliphatic heterocycles. The highest BCUT2D eigenvalue weighted by Crippen LogP contribution is 2.30. The Morgan fingerprint density at radius 3 is 2.46 bits per heavy atom. The van der Waals surface area contributed by atoms with E-state index in [4.69, 9.17) is 4.74 Å². The largest absolute Gasteiger partial charge is 0.462 e. The number of amides is 1. The maximum absolute atomic E-state index is 12.4. The van der Waals surface area contributed by atoms with Crippen molar-refractivity contribution < 1.29 is 14.3 Å². The predicted molar refractivity (Wildman–Crippen MR) is 97.3 cm³/mol. The van der Waals surface area contributed by atoms with Crippen LogP contribution in [0.25, 0.3) is 0 Å². The van der Waals surface area contributed by atoms with E-state index in [2.05, 4.69) is 27.7 Å². The molecular weight excluding hydrogens is 302 g/mol. The minimum Gasteiger partial charge on any atom is -0.462 e. The zero-order chi connectivity index (χ0) is 18.3. The van der Waals surface area contributed by atoms with Crippen molar-refractivity contribution in [1.29, 1.82) is 0 Å². The standard InChI is InChI=1S/C20H35NO3/c1-15-10-9-12-18(22)21(6)13-8-7-11-16(2)19(23)24-17(14-15)20(3,4)5/h8,13,15-17H,7,9-12,14H2,1-6H3/b13-8+/t15-,16-,17+/m1/s1. The molecule has 0 saturated carbocycles. The van der Waals surface area contributed by atoms with Crippen LogP contribution >= 0.6 is 0 Å². The van der Waals surface area contributed by atoms with E-state index in [1.807, 2.05) is 19.2 Å². The molecule has 24 heavy (non-hydrogen) atoms. The first-order valence-electron chi connectivity index (χ1n) is 9.24. The lowest BCUT2D eigenvalue weighted by atomic mass is 9.82. The molecule has 0 aliphatic carbocycles. The maximum Gasteiger partial charge on any atom is 0.308 e. The van der Waals surface area contributed by atoms with E-state index in [0.29, 0.717) is 12.3 Å². The predicted octanol–water partition coefficient (Wildman–Crippen LogP) is 4.54. The molecule has 1 rings (SSSR count). The summed E-state index contributed by atoms with van der Waals surface area (Å²) in [4.78, 5) is 26.2. The van der Waals surface area contributed by atoms with Gasteiger partial charge in [0.25, 0.3) is 0 Å². The van der Waals surface area contributed by atoms with Crippen molar-refractivity contribution in [2.75, 3.05) is 7.05 Å². The molecule has 0 aromatic rings. The summed E-state index contributed by atoms with van der Waals surface area (Å²) in [5.41, 5.74) is -0.0759. The van der Waals surface area contributed by atoms with Gasteiger partial charge in [0.2, 0.25) is 5.91 Å². The van der Waals surface area contributed by atoms with Crippen molar-refractivity contribution in [3.05, 3.63) is 12.3 Å². The first-order chi connectivity index (χ1) is 11.1. The van der Waals surface area contributed by atoms with Gasteiger partial charge in [-0.15, -0.1) is 0 Å². The summed E-state index contributed by atoms with van der Waals surface area (Å²) in [5, 5.41) is 0. The van der Waals surface area contributed by atoms with Crippen LogP contribution in [0.5, 0.6) is 0 Å². The van der Waals surface area contributed by atoms with E-state index in [0.717, 1.165) is 32.1 Å². The molecule has 3 atom stereocenters. The molecular formula is C20H35NO3. The fourth-order valence-electron chi connectivity index (χ4n) is 2.88. The molecule has 0 spiro atoms. The van der Waals surface area contributed by atoms with E-state index < -0.39 is 0 Å². The van der Waals surface area contributed by atoms with Gasteiger partial charge in [0, 0.05) is 19.7 Å². The Hall–Kier alpha value is -1.32. The Bertz CT molecular complexity index is 450. The number of cyclic esters (lactones) is 1. The first-order valence-corrected chi connectivity index (χ1v) is 9.24. The molecule has 1 aliphatic rings. The van der Waals surface area contributed by atoms with Crippen molar-refractivity contribution in [3.63, 3.8) is 0 Å². The molecule has 138 valence electrons. The topological polar surface area (TPSA) is 46.6 Å². The van der Waals surface area contributed by atoms with Crippen LogP contribution in [-0.2, 0) is 14.3 Å². The summed E-state index contributed by atoms with van der Waals surface area (Å²) in [6.07, 6.45) is 8.48. The Kier molecular flexibility index (Phi) is 7.98. The summed E-state index contributed by atoms with van der Waals surface area (Å²) in [6, 6.07) is 0. The van der Waals surface area contributed by atoms with Gasteiger partial charge >= 0.3 is 5.97 Å².